The van der Waals surface area contributed by atoms with E-state index in [-0.39, 0.29) is 23.9 Å². The zero-order valence-corrected chi connectivity index (χ0v) is 15.7. The van der Waals surface area contributed by atoms with E-state index < -0.39 is 21.6 Å². The number of hydrogen-bond donors (Lipinski definition) is 0. The highest BCUT2D eigenvalue weighted by Crippen LogP contribution is 2.28. The molecule has 0 saturated carbocycles. The molecule has 140 valence electrons. The normalized spacial score (nSPS) is 16.7. The molecule has 8 nitrogen and oxygen atoms in total. The molecule has 0 aliphatic carbocycles. The Morgan fingerprint density at radius 1 is 1.35 bits per heavy atom. The molecule has 0 amide bonds. The molecule has 0 atom stereocenters. The van der Waals surface area contributed by atoms with Crippen molar-refractivity contribution in [3.63, 3.8) is 0 Å². The van der Waals surface area contributed by atoms with Crippen molar-refractivity contribution in [2.45, 2.75) is 39.2 Å². The van der Waals surface area contributed by atoms with Crippen molar-refractivity contribution in [1.82, 2.24) is 10.1 Å². The number of anilines is 1. The lowest BCUT2D eigenvalue weighted by molar-refractivity contribution is -0.154. The fraction of sp³-hybridized carbons (Fsp3) is 0.471. The molecular weight excluding hydrogens is 358 g/mol. The van der Waals surface area contributed by atoms with Crippen molar-refractivity contribution in [2.75, 3.05) is 16.6 Å². The van der Waals surface area contributed by atoms with Gasteiger partial charge in [-0.05, 0) is 45.4 Å². The minimum Gasteiger partial charge on any atom is -0.460 e. The molecule has 3 rings (SSSR count). The molecule has 2 heterocycles. The van der Waals surface area contributed by atoms with Crippen LogP contribution in [0.3, 0.4) is 0 Å². The maximum atomic E-state index is 12.1. The van der Waals surface area contributed by atoms with Crippen molar-refractivity contribution >= 4 is 21.7 Å². The van der Waals surface area contributed by atoms with E-state index in [1.165, 1.54) is 4.31 Å². The van der Waals surface area contributed by atoms with Crippen LogP contribution in [0.25, 0.3) is 11.5 Å². The second-order valence-corrected chi connectivity index (χ2v) is 9.08. The fourth-order valence-electron chi connectivity index (χ4n) is 2.67. The minimum atomic E-state index is -3.26. The molecule has 1 saturated heterocycles. The SMILES string of the molecule is CC(C)(C)OC(=O)Cc1noc(-c2cccc(N3CCCS3(=O)=O)c2)n1. The number of aromatic nitrogens is 2. The number of nitrogens with zero attached hydrogens (tertiary/aromatic N) is 3. The third-order valence-corrected chi connectivity index (χ3v) is 5.54. The number of carbonyl (C=O) groups is 1. The van der Waals surface area contributed by atoms with Gasteiger partial charge in [0.15, 0.2) is 5.82 Å². The summed E-state index contributed by atoms with van der Waals surface area (Å²) in [5.41, 5.74) is 0.568. The van der Waals surface area contributed by atoms with Crippen LogP contribution in [0.1, 0.15) is 33.0 Å². The van der Waals surface area contributed by atoms with Crippen LogP contribution in [0.2, 0.25) is 0 Å². The first-order valence-electron chi connectivity index (χ1n) is 8.29. The molecule has 1 aliphatic heterocycles. The summed E-state index contributed by atoms with van der Waals surface area (Å²) in [6, 6.07) is 6.89. The molecule has 26 heavy (non-hydrogen) atoms. The standard InChI is InChI=1S/C17H21N3O5S/c1-17(2,3)24-15(21)11-14-18-16(25-19-14)12-6-4-7-13(10-12)20-8-5-9-26(20,22)23/h4,6-7,10H,5,8-9,11H2,1-3H3. The zero-order chi connectivity index (χ0) is 18.9. The predicted molar refractivity (Wildman–Crippen MR) is 95.0 cm³/mol. The Bertz CT molecular complexity index is 914. The first-order chi connectivity index (χ1) is 12.1. The van der Waals surface area contributed by atoms with Gasteiger partial charge in [0.25, 0.3) is 5.89 Å². The van der Waals surface area contributed by atoms with E-state index in [0.29, 0.717) is 24.2 Å². The predicted octanol–water partition coefficient (Wildman–Crippen LogP) is 2.16. The number of benzene rings is 1. The van der Waals surface area contributed by atoms with Crippen LogP contribution < -0.4 is 4.31 Å². The first-order valence-corrected chi connectivity index (χ1v) is 9.90. The topological polar surface area (TPSA) is 103 Å². The lowest BCUT2D eigenvalue weighted by Gasteiger charge is -2.18. The summed E-state index contributed by atoms with van der Waals surface area (Å²) in [6.07, 6.45) is 0.508. The van der Waals surface area contributed by atoms with E-state index in [0.717, 1.165) is 0 Å². The largest absolute Gasteiger partial charge is 0.460 e. The molecule has 0 radical (unpaired) electrons. The Morgan fingerprint density at radius 2 is 2.12 bits per heavy atom. The summed E-state index contributed by atoms with van der Waals surface area (Å²) >= 11 is 0. The Morgan fingerprint density at radius 3 is 2.77 bits per heavy atom. The average molecular weight is 379 g/mol. The zero-order valence-electron chi connectivity index (χ0n) is 14.9. The fourth-order valence-corrected chi connectivity index (χ4v) is 4.23. The quantitative estimate of drug-likeness (QED) is 0.750. The second kappa shape index (κ2) is 6.71. The Kier molecular flexibility index (Phi) is 4.74. The highest BCUT2D eigenvalue weighted by molar-refractivity contribution is 7.93. The average Bonchev–Trinajstić information content (AvgIpc) is 3.11. The number of ether oxygens (including phenoxy) is 1. The number of rotatable bonds is 4. The van der Waals surface area contributed by atoms with Gasteiger partial charge in [-0.25, -0.2) is 8.42 Å². The van der Waals surface area contributed by atoms with Gasteiger partial charge in [-0.1, -0.05) is 11.2 Å². The molecule has 0 bridgehead atoms. The van der Waals surface area contributed by atoms with E-state index in [4.69, 9.17) is 9.26 Å². The van der Waals surface area contributed by atoms with Crippen LogP contribution in [-0.4, -0.2) is 42.4 Å². The summed E-state index contributed by atoms with van der Waals surface area (Å²) in [4.78, 5) is 16.1. The van der Waals surface area contributed by atoms with E-state index in [2.05, 4.69) is 10.1 Å². The van der Waals surface area contributed by atoms with Crippen molar-refractivity contribution in [3.05, 3.63) is 30.1 Å². The van der Waals surface area contributed by atoms with Crippen molar-refractivity contribution in [2.24, 2.45) is 0 Å². The van der Waals surface area contributed by atoms with Gasteiger partial charge in [-0.15, -0.1) is 0 Å². The molecule has 0 N–H and O–H groups in total. The van der Waals surface area contributed by atoms with Gasteiger partial charge >= 0.3 is 5.97 Å². The van der Waals surface area contributed by atoms with Crippen molar-refractivity contribution in [3.8, 4) is 11.5 Å². The Hall–Kier alpha value is -2.42. The Balaban J connectivity index is 1.78. The van der Waals surface area contributed by atoms with Crippen LogP contribution >= 0.6 is 0 Å². The minimum absolute atomic E-state index is 0.0963. The lowest BCUT2D eigenvalue weighted by Crippen LogP contribution is -2.25. The van der Waals surface area contributed by atoms with E-state index in [1.54, 1.807) is 45.0 Å². The molecule has 1 aromatic heterocycles. The molecule has 1 aromatic carbocycles. The van der Waals surface area contributed by atoms with Gasteiger partial charge in [0, 0.05) is 12.1 Å². The second-order valence-electron chi connectivity index (χ2n) is 7.07. The molecule has 0 unspecified atom stereocenters. The Labute approximate surface area is 152 Å². The van der Waals surface area contributed by atoms with E-state index in [9.17, 15) is 13.2 Å². The smallest absolute Gasteiger partial charge is 0.314 e. The van der Waals surface area contributed by atoms with Crippen LogP contribution in [0.15, 0.2) is 28.8 Å². The monoisotopic (exact) mass is 379 g/mol. The van der Waals surface area contributed by atoms with Gasteiger partial charge in [-0.3, -0.25) is 9.10 Å². The number of carbonyl (C=O) groups excluding carboxylic acids is 1. The number of hydrogen-bond acceptors (Lipinski definition) is 7. The van der Waals surface area contributed by atoms with Crippen LogP contribution in [0.5, 0.6) is 0 Å². The number of sulfonamides is 1. The summed E-state index contributed by atoms with van der Waals surface area (Å²) in [5.74, 6) is 0.148. The van der Waals surface area contributed by atoms with Gasteiger partial charge in [-0.2, -0.15) is 4.98 Å². The van der Waals surface area contributed by atoms with E-state index >= 15 is 0 Å². The summed E-state index contributed by atoms with van der Waals surface area (Å²) < 4.78 is 36.0. The third kappa shape index (κ3) is 4.21. The third-order valence-electron chi connectivity index (χ3n) is 3.67. The molecular formula is C17H21N3O5S. The van der Waals surface area contributed by atoms with Crippen LogP contribution in [-0.2, 0) is 26.0 Å². The molecule has 1 aliphatic rings. The lowest BCUT2D eigenvalue weighted by atomic mass is 10.2. The van der Waals surface area contributed by atoms with Crippen LogP contribution in [0.4, 0.5) is 5.69 Å². The van der Waals surface area contributed by atoms with Crippen molar-refractivity contribution < 1.29 is 22.5 Å². The molecule has 1 fully saturated rings. The van der Waals surface area contributed by atoms with Gasteiger partial charge in [0.1, 0.15) is 12.0 Å². The summed E-state index contributed by atoms with van der Waals surface area (Å²) in [5, 5.41) is 3.80. The van der Waals surface area contributed by atoms with Gasteiger partial charge < -0.3 is 9.26 Å². The highest BCUT2D eigenvalue weighted by Gasteiger charge is 2.28. The molecule has 9 heteroatoms. The van der Waals surface area contributed by atoms with Crippen molar-refractivity contribution in [1.29, 1.82) is 0 Å². The van der Waals surface area contributed by atoms with E-state index in [1.807, 2.05) is 0 Å². The molecule has 2 aromatic rings. The number of esters is 1. The first kappa shape index (κ1) is 18.4. The maximum absolute atomic E-state index is 12.1. The molecule has 0 spiro atoms. The van der Waals surface area contributed by atoms with Crippen LogP contribution in [0, 0.1) is 0 Å². The van der Waals surface area contributed by atoms with Gasteiger partial charge in [0.2, 0.25) is 10.0 Å². The summed E-state index contributed by atoms with van der Waals surface area (Å²) in [6.45, 7) is 5.80. The van der Waals surface area contributed by atoms with Gasteiger partial charge in [0.05, 0.1) is 11.4 Å². The summed E-state index contributed by atoms with van der Waals surface area (Å²) in [7, 11) is -3.26. The maximum Gasteiger partial charge on any atom is 0.314 e. The highest BCUT2D eigenvalue weighted by atomic mass is 32.2.